The lowest BCUT2D eigenvalue weighted by Gasteiger charge is -2.08. The summed E-state index contributed by atoms with van der Waals surface area (Å²) < 4.78 is 17.0. The molecule has 5 rings (SSSR count). The van der Waals surface area contributed by atoms with E-state index in [0.29, 0.717) is 22.0 Å². The maximum Gasteiger partial charge on any atom is 0.162 e. The molecule has 0 aliphatic carbocycles. The van der Waals surface area contributed by atoms with Crippen molar-refractivity contribution < 1.29 is 9.50 Å². The zero-order chi connectivity index (χ0) is 21.5. The Morgan fingerprint density at radius 3 is 2.68 bits per heavy atom. The van der Waals surface area contributed by atoms with Gasteiger partial charge in [-0.05, 0) is 43.3 Å². The lowest BCUT2D eigenvalue weighted by Crippen LogP contribution is -2.08. The molecule has 31 heavy (non-hydrogen) atoms. The van der Waals surface area contributed by atoms with E-state index in [2.05, 4.69) is 20.3 Å². The molecule has 8 nitrogen and oxygen atoms in total. The normalized spacial score (nSPS) is 12.4. The Labute approximate surface area is 180 Å². The van der Waals surface area contributed by atoms with Gasteiger partial charge in [0.15, 0.2) is 11.9 Å². The number of fused-ring (bicyclic) bond motifs is 1. The SMILES string of the molecule is Cc1nc(-c2ccc(F)cc2)c(-c2ccc3nc(NC(O)c4cncs4)cn3n2)n1C. The highest BCUT2D eigenvalue weighted by Gasteiger charge is 2.18. The Kier molecular flexibility index (Phi) is 4.72. The highest BCUT2D eigenvalue weighted by atomic mass is 32.1. The second-order valence-electron chi connectivity index (χ2n) is 7.02. The number of nitrogens with zero attached hydrogens (tertiary/aromatic N) is 6. The highest BCUT2D eigenvalue weighted by Crippen LogP contribution is 2.31. The summed E-state index contributed by atoms with van der Waals surface area (Å²) in [5.74, 6) is 1.01. The average Bonchev–Trinajstić information content (AvgIpc) is 3.48. The number of thiazole rings is 1. The number of hydrogen-bond donors (Lipinski definition) is 2. The molecule has 1 atom stereocenters. The van der Waals surface area contributed by atoms with E-state index >= 15 is 0 Å². The first-order valence-corrected chi connectivity index (χ1v) is 10.4. The van der Waals surface area contributed by atoms with Crippen LogP contribution in [0.25, 0.3) is 28.3 Å². The van der Waals surface area contributed by atoms with Crippen LogP contribution in [0.4, 0.5) is 10.2 Å². The van der Waals surface area contributed by atoms with E-state index in [0.717, 1.165) is 22.8 Å². The number of aliphatic hydroxyl groups is 1. The number of anilines is 1. The molecule has 0 saturated carbocycles. The molecule has 0 aliphatic rings. The number of rotatable bonds is 5. The first-order valence-electron chi connectivity index (χ1n) is 9.48. The minimum Gasteiger partial charge on any atom is -0.369 e. The van der Waals surface area contributed by atoms with Crippen LogP contribution < -0.4 is 5.32 Å². The van der Waals surface area contributed by atoms with E-state index < -0.39 is 6.23 Å². The van der Waals surface area contributed by atoms with E-state index in [-0.39, 0.29) is 5.82 Å². The van der Waals surface area contributed by atoms with Crippen LogP contribution in [0.3, 0.4) is 0 Å². The van der Waals surface area contributed by atoms with Crippen LogP contribution in [0.5, 0.6) is 0 Å². The van der Waals surface area contributed by atoms with E-state index in [1.807, 2.05) is 30.7 Å². The monoisotopic (exact) mass is 435 g/mol. The Bertz CT molecular complexity index is 1360. The molecular formula is C21H18FN7OS. The molecule has 156 valence electrons. The lowest BCUT2D eigenvalue weighted by molar-refractivity contribution is 0.211. The van der Waals surface area contributed by atoms with Crippen molar-refractivity contribution in [2.24, 2.45) is 7.05 Å². The Morgan fingerprint density at radius 1 is 1.13 bits per heavy atom. The first-order chi connectivity index (χ1) is 15.0. The van der Waals surface area contributed by atoms with Gasteiger partial charge in [0, 0.05) is 18.8 Å². The van der Waals surface area contributed by atoms with Gasteiger partial charge < -0.3 is 15.0 Å². The van der Waals surface area contributed by atoms with Crippen molar-refractivity contribution in [3.63, 3.8) is 0 Å². The van der Waals surface area contributed by atoms with Crippen LogP contribution in [-0.4, -0.2) is 34.2 Å². The molecule has 4 heterocycles. The molecule has 2 N–H and O–H groups in total. The van der Waals surface area contributed by atoms with Crippen LogP contribution in [0, 0.1) is 12.7 Å². The quantitative estimate of drug-likeness (QED) is 0.408. The number of aromatic nitrogens is 6. The van der Waals surface area contributed by atoms with Crippen molar-refractivity contribution in [2.75, 3.05) is 5.32 Å². The van der Waals surface area contributed by atoms with Crippen molar-refractivity contribution >= 4 is 22.8 Å². The van der Waals surface area contributed by atoms with Gasteiger partial charge in [-0.3, -0.25) is 4.98 Å². The van der Waals surface area contributed by atoms with Gasteiger partial charge in [-0.15, -0.1) is 11.3 Å². The third kappa shape index (κ3) is 3.56. The van der Waals surface area contributed by atoms with Gasteiger partial charge in [-0.25, -0.2) is 18.9 Å². The molecule has 0 fully saturated rings. The van der Waals surface area contributed by atoms with Crippen molar-refractivity contribution in [3.8, 4) is 22.6 Å². The van der Waals surface area contributed by atoms with Gasteiger partial charge in [0.05, 0.1) is 28.0 Å². The standard InChI is InChI=1S/C21H18FN7OS/c1-12-24-19(13-3-5-14(22)6-4-13)20(28(12)2)15-7-8-18-25-17(10-29(18)27-15)26-21(30)16-9-23-11-31-16/h3-11,21,26,30H,1-2H3. The Hall–Kier alpha value is -3.63. The summed E-state index contributed by atoms with van der Waals surface area (Å²) in [7, 11) is 1.92. The number of aliphatic hydroxyl groups excluding tert-OH is 1. The summed E-state index contributed by atoms with van der Waals surface area (Å²) in [4.78, 5) is 13.8. The van der Waals surface area contributed by atoms with E-state index in [9.17, 15) is 9.50 Å². The maximum absolute atomic E-state index is 13.4. The molecule has 0 bridgehead atoms. The van der Waals surface area contributed by atoms with E-state index in [4.69, 9.17) is 5.10 Å². The predicted molar refractivity (Wildman–Crippen MR) is 116 cm³/mol. The van der Waals surface area contributed by atoms with Gasteiger partial charge in [0.2, 0.25) is 0 Å². The molecule has 1 unspecified atom stereocenters. The summed E-state index contributed by atoms with van der Waals surface area (Å²) in [6.45, 7) is 1.91. The fraction of sp³-hybridized carbons (Fsp3) is 0.143. The zero-order valence-corrected chi connectivity index (χ0v) is 17.5. The lowest BCUT2D eigenvalue weighted by atomic mass is 10.1. The molecule has 4 aromatic heterocycles. The molecule has 0 amide bonds. The average molecular weight is 435 g/mol. The van der Waals surface area contributed by atoms with Crippen molar-refractivity contribution in [2.45, 2.75) is 13.2 Å². The van der Waals surface area contributed by atoms with Crippen molar-refractivity contribution in [3.05, 3.63) is 70.8 Å². The number of imidazole rings is 2. The fourth-order valence-electron chi connectivity index (χ4n) is 3.36. The summed E-state index contributed by atoms with van der Waals surface area (Å²) in [5.41, 5.74) is 5.34. The van der Waals surface area contributed by atoms with Crippen LogP contribution in [-0.2, 0) is 7.05 Å². The summed E-state index contributed by atoms with van der Waals surface area (Å²) in [5, 5.41) is 17.9. The molecule has 0 saturated heterocycles. The van der Waals surface area contributed by atoms with Gasteiger partial charge in [0.25, 0.3) is 0 Å². The molecular weight excluding hydrogens is 417 g/mol. The van der Waals surface area contributed by atoms with E-state index in [1.165, 1.54) is 23.5 Å². The zero-order valence-electron chi connectivity index (χ0n) is 16.7. The number of aryl methyl sites for hydroxylation is 1. The number of hydrogen-bond acceptors (Lipinski definition) is 7. The van der Waals surface area contributed by atoms with Gasteiger partial charge in [-0.1, -0.05) is 0 Å². The van der Waals surface area contributed by atoms with Gasteiger partial charge in [-0.2, -0.15) is 5.10 Å². The molecule has 0 spiro atoms. The van der Waals surface area contributed by atoms with Crippen LogP contribution in [0.15, 0.2) is 54.3 Å². The summed E-state index contributed by atoms with van der Waals surface area (Å²) >= 11 is 1.35. The Morgan fingerprint density at radius 2 is 1.94 bits per heavy atom. The molecule has 0 aliphatic heterocycles. The molecule has 1 aromatic carbocycles. The summed E-state index contributed by atoms with van der Waals surface area (Å²) in [6.07, 6.45) is 2.42. The Balaban J connectivity index is 1.53. The largest absolute Gasteiger partial charge is 0.369 e. The van der Waals surface area contributed by atoms with Gasteiger partial charge in [0.1, 0.15) is 23.2 Å². The van der Waals surface area contributed by atoms with E-state index in [1.54, 1.807) is 34.6 Å². The third-order valence-corrected chi connectivity index (χ3v) is 5.83. The van der Waals surface area contributed by atoms with Crippen molar-refractivity contribution in [1.82, 2.24) is 29.1 Å². The number of nitrogens with one attached hydrogen (secondary N) is 1. The summed E-state index contributed by atoms with van der Waals surface area (Å²) in [6, 6.07) is 9.97. The second-order valence-corrected chi connectivity index (χ2v) is 7.94. The van der Waals surface area contributed by atoms with Crippen LogP contribution in [0.1, 0.15) is 16.9 Å². The third-order valence-electron chi connectivity index (χ3n) is 5.00. The van der Waals surface area contributed by atoms with Crippen molar-refractivity contribution in [1.29, 1.82) is 0 Å². The fourth-order valence-corrected chi connectivity index (χ4v) is 3.92. The maximum atomic E-state index is 13.4. The molecule has 10 heteroatoms. The first kappa shape index (κ1) is 19.3. The topological polar surface area (TPSA) is 93.2 Å². The molecule has 5 aromatic rings. The second kappa shape index (κ2) is 7.56. The highest BCUT2D eigenvalue weighted by molar-refractivity contribution is 7.09. The smallest absolute Gasteiger partial charge is 0.162 e. The van der Waals surface area contributed by atoms with Gasteiger partial charge >= 0.3 is 0 Å². The minimum atomic E-state index is -0.901. The number of halogens is 1. The minimum absolute atomic E-state index is 0.295. The van der Waals surface area contributed by atoms with Crippen LogP contribution in [0.2, 0.25) is 0 Å². The predicted octanol–water partition coefficient (Wildman–Crippen LogP) is 3.80. The number of benzene rings is 1. The van der Waals surface area contributed by atoms with Crippen LogP contribution >= 0.6 is 11.3 Å². The molecule has 0 radical (unpaired) electrons.